The molecule has 1 aromatic carbocycles. The smallest absolute Gasteiger partial charge is 0.229 e. The van der Waals surface area contributed by atoms with Gasteiger partial charge in [-0.3, -0.25) is 9.80 Å². The standard InChI is InChI=1S/C31H36F2N8O.C2H6/c1-19(2)17-41-20(3)35-30-24(32)14-22(15-27(30)41)29-25(33)16-34-31(38-29)37-28-5-4-21-18-40(11-8-26(21)36-28)23-6-9-39(10-7-23)12-13-42;1-2/h4-5,13-16,19,23H,6-12,17-18H2,1-3H3,(H,34,36,37,38);1-2H3. The molecule has 0 unspecified atom stereocenters. The Balaban J connectivity index is 0.00000188. The van der Waals surface area contributed by atoms with Crippen LogP contribution >= 0.6 is 0 Å². The number of rotatable bonds is 8. The lowest BCUT2D eigenvalue weighted by molar-refractivity contribution is -0.109. The van der Waals surface area contributed by atoms with Crippen LogP contribution in [0.1, 0.15) is 57.6 Å². The maximum atomic E-state index is 15.1. The number of imidazole rings is 1. The number of nitrogens with zero attached hydrogens (tertiary/aromatic N) is 7. The summed E-state index contributed by atoms with van der Waals surface area (Å²) in [7, 11) is 0. The quantitative estimate of drug-likeness (QED) is 0.248. The number of anilines is 2. The molecule has 2 aliphatic rings. The van der Waals surface area contributed by atoms with Gasteiger partial charge in [0, 0.05) is 56.4 Å². The van der Waals surface area contributed by atoms with Gasteiger partial charge in [-0.15, -0.1) is 0 Å². The van der Waals surface area contributed by atoms with E-state index < -0.39 is 11.6 Å². The van der Waals surface area contributed by atoms with E-state index in [0.717, 1.165) is 63.6 Å². The van der Waals surface area contributed by atoms with Crippen LogP contribution in [0.4, 0.5) is 20.5 Å². The second kappa shape index (κ2) is 13.9. The minimum atomic E-state index is -0.638. The number of aromatic nitrogens is 5. The van der Waals surface area contributed by atoms with Crippen LogP contribution in [0.3, 0.4) is 0 Å². The summed E-state index contributed by atoms with van der Waals surface area (Å²) in [6.07, 6.45) is 5.04. The Hall–Kier alpha value is -3.83. The van der Waals surface area contributed by atoms with Crippen molar-refractivity contribution in [1.29, 1.82) is 0 Å². The van der Waals surface area contributed by atoms with Crippen molar-refractivity contribution in [2.75, 3.05) is 31.5 Å². The van der Waals surface area contributed by atoms with Crippen molar-refractivity contribution >= 4 is 29.1 Å². The highest BCUT2D eigenvalue weighted by Crippen LogP contribution is 2.30. The zero-order valence-electron chi connectivity index (χ0n) is 26.3. The molecule has 4 aromatic rings. The summed E-state index contributed by atoms with van der Waals surface area (Å²) >= 11 is 0. The van der Waals surface area contributed by atoms with Crippen LogP contribution in [0.25, 0.3) is 22.3 Å². The highest BCUT2D eigenvalue weighted by Gasteiger charge is 2.28. The minimum Gasteiger partial charge on any atom is -0.328 e. The van der Waals surface area contributed by atoms with Crippen molar-refractivity contribution in [3.05, 3.63) is 59.2 Å². The number of hydrogen-bond acceptors (Lipinski definition) is 8. The second-order valence-electron chi connectivity index (χ2n) is 11.7. The lowest BCUT2D eigenvalue weighted by Gasteiger charge is -2.40. The molecule has 0 amide bonds. The van der Waals surface area contributed by atoms with E-state index >= 15 is 4.39 Å². The van der Waals surface area contributed by atoms with E-state index in [9.17, 15) is 9.18 Å². The van der Waals surface area contributed by atoms with Crippen molar-refractivity contribution in [3.63, 3.8) is 0 Å². The van der Waals surface area contributed by atoms with E-state index in [1.165, 1.54) is 11.6 Å². The van der Waals surface area contributed by atoms with Crippen molar-refractivity contribution in [2.24, 2.45) is 5.92 Å². The molecule has 234 valence electrons. The largest absolute Gasteiger partial charge is 0.328 e. The Morgan fingerprint density at radius 3 is 2.55 bits per heavy atom. The molecule has 3 aromatic heterocycles. The average molecular weight is 605 g/mol. The Kier molecular flexibility index (Phi) is 9.95. The molecular formula is C33H42F2N8O. The maximum absolute atomic E-state index is 15.1. The Morgan fingerprint density at radius 1 is 1.05 bits per heavy atom. The zero-order chi connectivity index (χ0) is 31.4. The van der Waals surface area contributed by atoms with E-state index in [2.05, 4.69) is 50.0 Å². The number of halogens is 2. The molecule has 1 saturated heterocycles. The lowest BCUT2D eigenvalue weighted by Crippen LogP contribution is -2.47. The van der Waals surface area contributed by atoms with Crippen molar-refractivity contribution in [1.82, 2.24) is 34.3 Å². The van der Waals surface area contributed by atoms with E-state index in [4.69, 9.17) is 4.98 Å². The lowest BCUT2D eigenvalue weighted by atomic mass is 9.98. The van der Waals surface area contributed by atoms with Gasteiger partial charge in [0.25, 0.3) is 0 Å². The fourth-order valence-corrected chi connectivity index (χ4v) is 6.17. The molecule has 0 atom stereocenters. The molecule has 0 aliphatic carbocycles. The first kappa shape index (κ1) is 31.6. The van der Waals surface area contributed by atoms with E-state index in [1.807, 2.05) is 31.4 Å². The number of carbonyl (C=O) groups is 1. The van der Waals surface area contributed by atoms with E-state index in [-0.39, 0.29) is 17.2 Å². The molecule has 44 heavy (non-hydrogen) atoms. The zero-order valence-corrected chi connectivity index (χ0v) is 26.3. The third-order valence-electron chi connectivity index (χ3n) is 8.29. The third-order valence-corrected chi connectivity index (χ3v) is 8.29. The molecule has 1 fully saturated rings. The molecule has 11 heteroatoms. The topological polar surface area (TPSA) is 92.1 Å². The van der Waals surface area contributed by atoms with Crippen molar-refractivity contribution < 1.29 is 13.6 Å². The van der Waals surface area contributed by atoms with Gasteiger partial charge in [-0.1, -0.05) is 33.8 Å². The molecule has 5 heterocycles. The molecule has 1 N–H and O–H groups in total. The van der Waals surface area contributed by atoms with Gasteiger partial charge < -0.3 is 14.7 Å². The number of aryl methyl sites for hydroxylation is 1. The molecule has 0 bridgehead atoms. The molecule has 9 nitrogen and oxygen atoms in total. The summed E-state index contributed by atoms with van der Waals surface area (Å²) < 4.78 is 32.1. The van der Waals surface area contributed by atoms with Crippen LogP contribution < -0.4 is 5.32 Å². The monoisotopic (exact) mass is 604 g/mol. The number of carbonyl (C=O) groups excluding carboxylic acids is 1. The SMILES string of the molecule is CC.Cc1nc2c(F)cc(-c3nc(Nc4ccc5c(n4)CCN(C4CCN(CC=O)CC4)C5)ncc3F)cc2n1CC(C)C. The highest BCUT2D eigenvalue weighted by molar-refractivity contribution is 5.83. The summed E-state index contributed by atoms with van der Waals surface area (Å²) in [5.41, 5.74) is 3.43. The first-order valence-electron chi connectivity index (χ1n) is 15.6. The summed E-state index contributed by atoms with van der Waals surface area (Å²) in [4.78, 5) is 33.3. The predicted octanol–water partition coefficient (Wildman–Crippen LogP) is 5.92. The normalized spacial score (nSPS) is 16.1. The van der Waals surface area contributed by atoms with Gasteiger partial charge in [0.2, 0.25) is 5.95 Å². The number of hydrogen-bond donors (Lipinski definition) is 1. The van der Waals surface area contributed by atoms with Crippen molar-refractivity contribution in [2.45, 2.75) is 73.0 Å². The van der Waals surface area contributed by atoms with Crippen LogP contribution in [-0.2, 0) is 24.3 Å². The summed E-state index contributed by atoms with van der Waals surface area (Å²) in [5.74, 6) is 0.653. The maximum Gasteiger partial charge on any atom is 0.229 e. The number of nitrogens with one attached hydrogen (secondary N) is 1. The van der Waals surface area contributed by atoms with Crippen LogP contribution in [0.2, 0.25) is 0 Å². The molecular weight excluding hydrogens is 562 g/mol. The van der Waals surface area contributed by atoms with Gasteiger partial charge >= 0.3 is 0 Å². The Labute approximate surface area is 257 Å². The first-order chi connectivity index (χ1) is 21.3. The van der Waals surface area contributed by atoms with E-state index in [1.54, 1.807) is 6.07 Å². The van der Waals surface area contributed by atoms with Crippen molar-refractivity contribution in [3.8, 4) is 11.3 Å². The summed E-state index contributed by atoms with van der Waals surface area (Å²) in [5, 5.41) is 3.12. The van der Waals surface area contributed by atoms with Crippen LogP contribution in [0.15, 0.2) is 30.5 Å². The molecule has 6 rings (SSSR count). The van der Waals surface area contributed by atoms with Gasteiger partial charge in [0.05, 0.1) is 18.3 Å². The molecule has 0 radical (unpaired) electrons. The van der Waals surface area contributed by atoms with E-state index in [0.29, 0.717) is 47.8 Å². The van der Waals surface area contributed by atoms with Gasteiger partial charge in [-0.25, -0.2) is 28.7 Å². The number of benzene rings is 1. The third kappa shape index (κ3) is 6.78. The molecule has 0 spiro atoms. The number of likely N-dealkylation sites (tertiary alicyclic amines) is 1. The molecule has 2 aliphatic heterocycles. The van der Waals surface area contributed by atoms with Gasteiger partial charge in [0.1, 0.15) is 29.1 Å². The van der Waals surface area contributed by atoms with Crippen LogP contribution in [-0.4, -0.2) is 72.8 Å². The number of fused-ring (bicyclic) bond motifs is 2. The number of piperidine rings is 1. The minimum absolute atomic E-state index is 0.0102. The predicted molar refractivity (Wildman–Crippen MR) is 169 cm³/mol. The van der Waals surface area contributed by atoms with Gasteiger partial charge in [-0.05, 0) is 49.4 Å². The number of aldehydes is 1. The van der Waals surface area contributed by atoms with Gasteiger partial charge in [-0.2, -0.15) is 0 Å². The molecule has 0 saturated carbocycles. The van der Waals surface area contributed by atoms with Crippen LogP contribution in [0, 0.1) is 24.5 Å². The highest BCUT2D eigenvalue weighted by atomic mass is 19.1. The second-order valence-corrected chi connectivity index (χ2v) is 11.7. The fourth-order valence-electron chi connectivity index (χ4n) is 6.17. The Bertz CT molecular complexity index is 1610. The summed E-state index contributed by atoms with van der Waals surface area (Å²) in [6, 6.07) is 7.50. The first-order valence-corrected chi connectivity index (χ1v) is 15.6. The van der Waals surface area contributed by atoms with Crippen LogP contribution in [0.5, 0.6) is 0 Å². The number of pyridine rings is 1. The average Bonchev–Trinajstić information content (AvgIpc) is 3.34. The Morgan fingerprint density at radius 2 is 1.82 bits per heavy atom. The summed E-state index contributed by atoms with van der Waals surface area (Å²) in [6.45, 7) is 14.9. The van der Waals surface area contributed by atoms with Gasteiger partial charge in [0.15, 0.2) is 11.6 Å². The fraction of sp³-hybridized carbons (Fsp3) is 0.485.